The number of aliphatic hydroxyl groups is 1. The number of nitrogens with zero attached hydrogens (tertiary/aromatic N) is 2. The molecule has 29 heavy (non-hydrogen) atoms. The van der Waals surface area contributed by atoms with Crippen LogP contribution in [-0.4, -0.2) is 63.5 Å². The van der Waals surface area contributed by atoms with Crippen LogP contribution in [0.5, 0.6) is 0 Å². The van der Waals surface area contributed by atoms with Crippen molar-refractivity contribution in [2.24, 2.45) is 5.92 Å². The number of likely N-dealkylation sites (tertiary alicyclic amines) is 2. The van der Waals surface area contributed by atoms with E-state index in [1.54, 1.807) is 0 Å². The monoisotopic (exact) mass is 397 g/mol. The van der Waals surface area contributed by atoms with Gasteiger partial charge in [-0.15, -0.1) is 0 Å². The van der Waals surface area contributed by atoms with Crippen LogP contribution in [0.1, 0.15) is 66.8 Å². The van der Waals surface area contributed by atoms with Gasteiger partial charge in [0.25, 0.3) is 11.8 Å². The van der Waals surface area contributed by atoms with Crippen LogP contribution < -0.4 is 0 Å². The molecule has 6 nitrogen and oxygen atoms in total. The molecule has 0 unspecified atom stereocenters. The Balaban J connectivity index is 1.44. The average Bonchev–Trinajstić information content (AvgIpc) is 3.35. The zero-order valence-corrected chi connectivity index (χ0v) is 17.4. The first-order chi connectivity index (χ1) is 13.8. The number of carbonyl (C=O) groups excluding carboxylic acids is 2. The zero-order valence-electron chi connectivity index (χ0n) is 17.4. The Morgan fingerprint density at radius 1 is 1.03 bits per heavy atom. The Labute approximate surface area is 171 Å². The lowest BCUT2D eigenvalue weighted by atomic mass is 9.86. The maximum absolute atomic E-state index is 13.0. The van der Waals surface area contributed by atoms with Crippen LogP contribution in [0.2, 0.25) is 0 Å². The summed E-state index contributed by atoms with van der Waals surface area (Å²) < 4.78 is 0. The van der Waals surface area contributed by atoms with Crippen LogP contribution in [0.15, 0.2) is 24.3 Å². The van der Waals surface area contributed by atoms with E-state index in [1.165, 1.54) is 0 Å². The summed E-state index contributed by atoms with van der Waals surface area (Å²) in [5.74, 6) is 0.545. The minimum Gasteiger partial charge on any atom is -0.390 e. The Bertz CT molecular complexity index is 898. The highest BCUT2D eigenvalue weighted by molar-refractivity contribution is 6.01. The molecule has 0 spiro atoms. The van der Waals surface area contributed by atoms with Crippen LogP contribution in [0.4, 0.5) is 0 Å². The maximum Gasteiger partial charge on any atom is 0.270 e. The van der Waals surface area contributed by atoms with Crippen LogP contribution in [-0.2, 0) is 0 Å². The van der Waals surface area contributed by atoms with Crippen LogP contribution in [0.25, 0.3) is 10.9 Å². The van der Waals surface area contributed by atoms with Gasteiger partial charge in [-0.3, -0.25) is 9.59 Å². The zero-order chi connectivity index (χ0) is 20.6. The van der Waals surface area contributed by atoms with Crippen molar-refractivity contribution in [1.29, 1.82) is 0 Å². The first-order valence-corrected chi connectivity index (χ1v) is 10.7. The molecule has 0 radical (unpaired) electrons. The molecular formula is C23H31N3O3. The highest BCUT2D eigenvalue weighted by Gasteiger charge is 2.28. The largest absolute Gasteiger partial charge is 0.390 e. The van der Waals surface area contributed by atoms with Crippen LogP contribution in [0, 0.1) is 5.92 Å². The molecule has 3 heterocycles. The predicted molar refractivity (Wildman–Crippen MR) is 113 cm³/mol. The number of benzene rings is 1. The lowest BCUT2D eigenvalue weighted by Crippen LogP contribution is -2.40. The van der Waals surface area contributed by atoms with Crippen molar-refractivity contribution >= 4 is 22.7 Å². The van der Waals surface area contributed by atoms with Crippen molar-refractivity contribution in [2.75, 3.05) is 26.2 Å². The van der Waals surface area contributed by atoms with Crippen molar-refractivity contribution in [2.45, 2.75) is 51.6 Å². The molecule has 1 aromatic heterocycles. The second kappa shape index (κ2) is 7.82. The van der Waals surface area contributed by atoms with E-state index in [-0.39, 0.29) is 11.8 Å². The molecule has 1 aromatic carbocycles. The maximum atomic E-state index is 13.0. The van der Waals surface area contributed by atoms with Gasteiger partial charge in [-0.2, -0.15) is 0 Å². The molecule has 0 bridgehead atoms. The summed E-state index contributed by atoms with van der Waals surface area (Å²) in [6, 6.07) is 7.49. The fraction of sp³-hybridized carbons (Fsp3) is 0.565. The molecule has 2 aliphatic heterocycles. The van der Waals surface area contributed by atoms with Gasteiger partial charge in [0.2, 0.25) is 0 Å². The number of rotatable bonds is 4. The van der Waals surface area contributed by atoms with Gasteiger partial charge in [0.1, 0.15) is 5.69 Å². The number of carbonyl (C=O) groups is 2. The first kappa shape index (κ1) is 20.0. The predicted octanol–water partition coefficient (Wildman–Crippen LogP) is 3.42. The molecule has 2 fully saturated rings. The molecule has 6 heteroatoms. The molecule has 156 valence electrons. The molecule has 2 aliphatic rings. The number of amides is 2. The molecule has 4 rings (SSSR count). The van der Waals surface area contributed by atoms with Gasteiger partial charge in [-0.05, 0) is 76.1 Å². The Hall–Kier alpha value is -2.34. The van der Waals surface area contributed by atoms with E-state index in [2.05, 4.69) is 4.98 Å². The summed E-state index contributed by atoms with van der Waals surface area (Å²) >= 11 is 0. The fourth-order valence-electron chi connectivity index (χ4n) is 4.70. The van der Waals surface area contributed by atoms with Gasteiger partial charge in [-0.25, -0.2) is 0 Å². The highest BCUT2D eigenvalue weighted by Crippen LogP contribution is 2.27. The van der Waals surface area contributed by atoms with Crippen molar-refractivity contribution in [3.05, 3.63) is 35.5 Å². The highest BCUT2D eigenvalue weighted by atomic mass is 16.3. The number of H-pyrrole nitrogens is 1. The van der Waals surface area contributed by atoms with Crippen molar-refractivity contribution < 1.29 is 14.7 Å². The topological polar surface area (TPSA) is 76.6 Å². The smallest absolute Gasteiger partial charge is 0.270 e. The SMILES string of the molecule is CC(C)(O)CC1CCN(C(=O)c2cc3cc(C(=O)N4CCCC4)ccc3[nH]2)CC1. The van der Waals surface area contributed by atoms with Crippen LogP contribution >= 0.6 is 0 Å². The van der Waals surface area contributed by atoms with E-state index in [0.717, 1.165) is 56.1 Å². The quantitative estimate of drug-likeness (QED) is 0.830. The third-order valence-electron chi connectivity index (χ3n) is 6.18. The van der Waals surface area contributed by atoms with Gasteiger partial charge in [0, 0.05) is 42.6 Å². The van der Waals surface area contributed by atoms with Gasteiger partial charge < -0.3 is 19.9 Å². The normalized spacial score (nSPS) is 18.6. The summed E-state index contributed by atoms with van der Waals surface area (Å²) in [6.45, 7) is 6.78. The second-order valence-corrected chi connectivity index (χ2v) is 9.24. The first-order valence-electron chi connectivity index (χ1n) is 10.7. The van der Waals surface area contributed by atoms with Gasteiger partial charge in [0.15, 0.2) is 0 Å². The summed E-state index contributed by atoms with van der Waals surface area (Å²) in [6.07, 6.45) is 4.76. The van der Waals surface area contributed by atoms with Crippen molar-refractivity contribution in [3.8, 4) is 0 Å². The molecule has 2 N–H and O–H groups in total. The number of hydrogen-bond acceptors (Lipinski definition) is 3. The molecule has 2 saturated heterocycles. The Morgan fingerprint density at radius 3 is 2.34 bits per heavy atom. The summed E-state index contributed by atoms with van der Waals surface area (Å²) in [5.41, 5.74) is 1.48. The van der Waals surface area contributed by atoms with Crippen LogP contribution in [0.3, 0.4) is 0 Å². The van der Waals surface area contributed by atoms with Crippen molar-refractivity contribution in [1.82, 2.24) is 14.8 Å². The van der Waals surface area contributed by atoms with E-state index in [9.17, 15) is 14.7 Å². The molecule has 2 aromatic rings. The number of hydrogen-bond donors (Lipinski definition) is 2. The van der Waals surface area contributed by atoms with E-state index < -0.39 is 5.60 Å². The number of aromatic nitrogens is 1. The third kappa shape index (κ3) is 4.47. The summed E-state index contributed by atoms with van der Waals surface area (Å²) in [4.78, 5) is 32.6. The van der Waals surface area contributed by atoms with Gasteiger partial charge in [-0.1, -0.05) is 0 Å². The average molecular weight is 398 g/mol. The van der Waals surface area contributed by atoms with Gasteiger partial charge in [0.05, 0.1) is 5.60 Å². The molecule has 2 amide bonds. The molecule has 0 saturated carbocycles. The Morgan fingerprint density at radius 2 is 1.69 bits per heavy atom. The Kier molecular flexibility index (Phi) is 5.38. The number of nitrogens with one attached hydrogen (secondary N) is 1. The number of fused-ring (bicyclic) bond motifs is 1. The second-order valence-electron chi connectivity index (χ2n) is 9.24. The van der Waals surface area contributed by atoms with E-state index >= 15 is 0 Å². The number of aromatic amines is 1. The summed E-state index contributed by atoms with van der Waals surface area (Å²) in [5, 5.41) is 10.9. The lowest BCUT2D eigenvalue weighted by Gasteiger charge is -2.34. The van der Waals surface area contributed by atoms with E-state index in [1.807, 2.05) is 47.9 Å². The molecular weight excluding hydrogens is 366 g/mol. The molecule has 0 aliphatic carbocycles. The molecule has 0 atom stereocenters. The number of piperidine rings is 1. The fourth-order valence-corrected chi connectivity index (χ4v) is 4.70. The van der Waals surface area contributed by atoms with Gasteiger partial charge >= 0.3 is 0 Å². The minimum absolute atomic E-state index is 0.00956. The van der Waals surface area contributed by atoms with Crippen molar-refractivity contribution in [3.63, 3.8) is 0 Å². The van der Waals surface area contributed by atoms with E-state index in [4.69, 9.17) is 0 Å². The third-order valence-corrected chi connectivity index (χ3v) is 6.18. The summed E-state index contributed by atoms with van der Waals surface area (Å²) in [7, 11) is 0. The lowest BCUT2D eigenvalue weighted by molar-refractivity contribution is 0.0357. The standard InChI is InChI=1S/C23H31N3O3/c1-23(2,29)15-16-7-11-26(12-8-16)22(28)20-14-18-13-17(5-6-19(18)24-20)21(27)25-9-3-4-10-25/h5-6,13-14,16,24,29H,3-4,7-12,15H2,1-2H3. The van der Waals surface area contributed by atoms with E-state index in [0.29, 0.717) is 30.3 Å². The minimum atomic E-state index is -0.655.